The first-order chi connectivity index (χ1) is 13.0. The maximum atomic E-state index is 6.07. The van der Waals surface area contributed by atoms with Gasteiger partial charge in [0.2, 0.25) is 0 Å². The first-order valence-electron chi connectivity index (χ1n) is 9.65. The van der Waals surface area contributed by atoms with E-state index in [2.05, 4.69) is 35.1 Å². The summed E-state index contributed by atoms with van der Waals surface area (Å²) in [6, 6.07) is 13.7. The van der Waals surface area contributed by atoms with Crippen LogP contribution in [0.25, 0.3) is 10.9 Å². The molecule has 1 aromatic heterocycles. The highest BCUT2D eigenvalue weighted by Gasteiger charge is 2.10. The molecule has 0 bridgehead atoms. The summed E-state index contributed by atoms with van der Waals surface area (Å²) in [5.74, 6) is 2.37. The topological polar surface area (TPSA) is 50.4 Å². The highest BCUT2D eigenvalue weighted by Crippen LogP contribution is 2.29. The minimum Gasteiger partial charge on any atom is -0.491 e. The van der Waals surface area contributed by atoms with Crippen LogP contribution in [0.4, 0.5) is 0 Å². The van der Waals surface area contributed by atoms with Crippen molar-refractivity contribution in [3.05, 3.63) is 48.2 Å². The van der Waals surface area contributed by atoms with E-state index in [0.29, 0.717) is 0 Å². The van der Waals surface area contributed by atoms with Crippen molar-refractivity contribution in [3.63, 3.8) is 0 Å². The molecule has 0 amide bonds. The number of aromatic amines is 1. The average Bonchev–Trinajstić information content (AvgIpc) is 3.02. The summed E-state index contributed by atoms with van der Waals surface area (Å²) in [7, 11) is 2.14. The molecule has 0 saturated heterocycles. The molecular weight excluding hydrogens is 338 g/mol. The largest absolute Gasteiger partial charge is 0.491 e. The van der Waals surface area contributed by atoms with Crippen LogP contribution >= 0.6 is 0 Å². The van der Waals surface area contributed by atoms with Crippen molar-refractivity contribution in [2.24, 2.45) is 0 Å². The van der Waals surface area contributed by atoms with Crippen LogP contribution in [-0.4, -0.2) is 34.8 Å². The Hall–Kier alpha value is -2.53. The Morgan fingerprint density at radius 3 is 2.63 bits per heavy atom. The van der Waals surface area contributed by atoms with Gasteiger partial charge in [-0.2, -0.15) is 5.10 Å². The third kappa shape index (κ3) is 5.23. The molecule has 3 aromatic rings. The van der Waals surface area contributed by atoms with Crippen molar-refractivity contribution in [1.82, 2.24) is 15.1 Å². The smallest absolute Gasteiger partial charge is 0.131 e. The summed E-state index contributed by atoms with van der Waals surface area (Å²) in [4.78, 5) is 2.32. The van der Waals surface area contributed by atoms with Gasteiger partial charge in [-0.1, -0.05) is 19.4 Å². The van der Waals surface area contributed by atoms with Gasteiger partial charge in [-0.25, -0.2) is 0 Å². The van der Waals surface area contributed by atoms with Gasteiger partial charge in [0.25, 0.3) is 0 Å². The fourth-order valence-electron chi connectivity index (χ4n) is 3.02. The van der Waals surface area contributed by atoms with E-state index in [1.54, 1.807) is 0 Å². The molecule has 2 aromatic carbocycles. The van der Waals surface area contributed by atoms with E-state index in [4.69, 9.17) is 9.47 Å². The number of fused-ring (bicyclic) bond motifs is 1. The van der Waals surface area contributed by atoms with Gasteiger partial charge in [-0.05, 0) is 64.2 Å². The standard InChI is InChI=1S/C22H29N3O2/c1-5-6-12-25(4)15-22-20-14-19(10-11-21(20)23-24-22)27-18-9-7-8-17(13-18)26-16(2)3/h7-11,13-14,16H,5-6,12,15H2,1-4H3,(H,23,24). The minimum atomic E-state index is 0.134. The van der Waals surface area contributed by atoms with E-state index >= 15 is 0 Å². The number of H-pyrrole nitrogens is 1. The van der Waals surface area contributed by atoms with Gasteiger partial charge in [0.15, 0.2) is 0 Å². The van der Waals surface area contributed by atoms with Crippen LogP contribution < -0.4 is 9.47 Å². The van der Waals surface area contributed by atoms with Crippen molar-refractivity contribution >= 4 is 10.9 Å². The molecular formula is C22H29N3O2. The lowest BCUT2D eigenvalue weighted by atomic mass is 10.2. The summed E-state index contributed by atoms with van der Waals surface area (Å²) in [5.41, 5.74) is 2.07. The van der Waals surface area contributed by atoms with E-state index in [-0.39, 0.29) is 6.10 Å². The van der Waals surface area contributed by atoms with Crippen LogP contribution in [0.15, 0.2) is 42.5 Å². The summed E-state index contributed by atoms with van der Waals surface area (Å²) < 4.78 is 11.8. The molecule has 0 atom stereocenters. The molecule has 0 aliphatic rings. The Balaban J connectivity index is 1.77. The Bertz CT molecular complexity index is 873. The molecule has 144 valence electrons. The molecule has 1 heterocycles. The monoisotopic (exact) mass is 367 g/mol. The highest BCUT2D eigenvalue weighted by atomic mass is 16.5. The zero-order chi connectivity index (χ0) is 19.2. The highest BCUT2D eigenvalue weighted by molar-refractivity contribution is 5.82. The van der Waals surface area contributed by atoms with Crippen LogP contribution in [0.2, 0.25) is 0 Å². The number of unbranched alkanes of at least 4 members (excludes halogenated alkanes) is 1. The third-order valence-corrected chi connectivity index (χ3v) is 4.34. The molecule has 0 fully saturated rings. The fourth-order valence-corrected chi connectivity index (χ4v) is 3.02. The van der Waals surface area contributed by atoms with Crippen molar-refractivity contribution in [1.29, 1.82) is 0 Å². The molecule has 5 nitrogen and oxygen atoms in total. The second-order valence-electron chi connectivity index (χ2n) is 7.22. The normalized spacial score (nSPS) is 11.5. The number of aromatic nitrogens is 2. The number of hydrogen-bond donors (Lipinski definition) is 1. The van der Waals surface area contributed by atoms with E-state index < -0.39 is 0 Å². The van der Waals surface area contributed by atoms with Gasteiger partial charge in [-0.15, -0.1) is 0 Å². The quantitative estimate of drug-likeness (QED) is 0.552. The second-order valence-corrected chi connectivity index (χ2v) is 7.22. The third-order valence-electron chi connectivity index (χ3n) is 4.34. The minimum absolute atomic E-state index is 0.134. The predicted molar refractivity (Wildman–Crippen MR) is 110 cm³/mol. The van der Waals surface area contributed by atoms with E-state index in [0.717, 1.165) is 46.9 Å². The van der Waals surface area contributed by atoms with Crippen LogP contribution in [0.1, 0.15) is 39.3 Å². The lowest BCUT2D eigenvalue weighted by molar-refractivity contribution is 0.241. The van der Waals surface area contributed by atoms with E-state index in [1.807, 2.05) is 50.2 Å². The summed E-state index contributed by atoms with van der Waals surface area (Å²) in [5, 5.41) is 8.70. The molecule has 3 rings (SSSR count). The van der Waals surface area contributed by atoms with Crippen molar-refractivity contribution in [3.8, 4) is 17.2 Å². The molecule has 5 heteroatoms. The first-order valence-corrected chi connectivity index (χ1v) is 9.65. The predicted octanol–water partition coefficient (Wildman–Crippen LogP) is 5.37. The molecule has 0 spiro atoms. The molecule has 0 unspecified atom stereocenters. The molecule has 1 N–H and O–H groups in total. The van der Waals surface area contributed by atoms with Gasteiger partial charge < -0.3 is 14.4 Å². The zero-order valence-corrected chi connectivity index (χ0v) is 16.7. The Morgan fingerprint density at radius 1 is 1.07 bits per heavy atom. The van der Waals surface area contributed by atoms with E-state index in [1.165, 1.54) is 12.8 Å². The van der Waals surface area contributed by atoms with Crippen LogP contribution in [-0.2, 0) is 6.54 Å². The number of nitrogens with zero attached hydrogens (tertiary/aromatic N) is 2. The van der Waals surface area contributed by atoms with Crippen LogP contribution in [0.3, 0.4) is 0 Å². The summed E-state index contributed by atoms with van der Waals surface area (Å²) in [6.45, 7) is 8.16. The average molecular weight is 367 g/mol. The maximum Gasteiger partial charge on any atom is 0.131 e. The van der Waals surface area contributed by atoms with Crippen LogP contribution in [0.5, 0.6) is 17.2 Å². The summed E-state index contributed by atoms with van der Waals surface area (Å²) in [6.07, 6.45) is 2.53. The van der Waals surface area contributed by atoms with Gasteiger partial charge in [0.05, 0.1) is 17.3 Å². The fraction of sp³-hybridized carbons (Fsp3) is 0.409. The lowest BCUT2D eigenvalue weighted by Crippen LogP contribution is -2.19. The SMILES string of the molecule is CCCCN(C)Cc1[nH]nc2ccc(Oc3cccc(OC(C)C)c3)cc12. The van der Waals surface area contributed by atoms with Crippen molar-refractivity contribution in [2.75, 3.05) is 13.6 Å². The summed E-state index contributed by atoms with van der Waals surface area (Å²) >= 11 is 0. The number of benzene rings is 2. The van der Waals surface area contributed by atoms with Gasteiger partial charge in [-0.3, -0.25) is 5.10 Å². The molecule has 0 radical (unpaired) electrons. The van der Waals surface area contributed by atoms with Crippen molar-refractivity contribution in [2.45, 2.75) is 46.3 Å². The Labute approximate surface area is 161 Å². The number of hydrogen-bond acceptors (Lipinski definition) is 4. The lowest BCUT2D eigenvalue weighted by Gasteiger charge is -2.15. The molecule has 0 saturated carbocycles. The number of rotatable bonds is 9. The van der Waals surface area contributed by atoms with Crippen molar-refractivity contribution < 1.29 is 9.47 Å². The maximum absolute atomic E-state index is 6.07. The Morgan fingerprint density at radius 2 is 1.85 bits per heavy atom. The van der Waals surface area contributed by atoms with Crippen LogP contribution in [0, 0.1) is 0 Å². The zero-order valence-electron chi connectivity index (χ0n) is 16.7. The number of nitrogens with one attached hydrogen (secondary N) is 1. The first kappa shape index (κ1) is 19.2. The van der Waals surface area contributed by atoms with Gasteiger partial charge in [0.1, 0.15) is 17.2 Å². The van der Waals surface area contributed by atoms with Gasteiger partial charge in [0, 0.05) is 18.0 Å². The van der Waals surface area contributed by atoms with E-state index in [9.17, 15) is 0 Å². The number of ether oxygens (including phenoxy) is 2. The van der Waals surface area contributed by atoms with Gasteiger partial charge >= 0.3 is 0 Å². The molecule has 0 aliphatic heterocycles. The molecule has 27 heavy (non-hydrogen) atoms. The Kier molecular flexibility index (Phi) is 6.35. The second kappa shape index (κ2) is 8.91. The molecule has 0 aliphatic carbocycles.